The first kappa shape index (κ1) is 23.4. The van der Waals surface area contributed by atoms with E-state index < -0.39 is 23.8 Å². The van der Waals surface area contributed by atoms with Crippen LogP contribution in [0.4, 0.5) is 9.59 Å². The van der Waals surface area contributed by atoms with Gasteiger partial charge in [0.05, 0.1) is 5.52 Å². The zero-order valence-electron chi connectivity index (χ0n) is 19.6. The second-order valence-electron chi connectivity index (χ2n) is 9.27. The Morgan fingerprint density at radius 2 is 1.74 bits per heavy atom. The molecule has 2 aromatic carbocycles. The summed E-state index contributed by atoms with van der Waals surface area (Å²) in [5.74, 6) is -0.253. The van der Waals surface area contributed by atoms with Crippen molar-refractivity contribution in [1.29, 1.82) is 0 Å². The van der Waals surface area contributed by atoms with Gasteiger partial charge >= 0.3 is 12.2 Å². The molecule has 0 bridgehead atoms. The number of nitrogens with one attached hydrogen (secondary N) is 1. The summed E-state index contributed by atoms with van der Waals surface area (Å²) < 4.78 is 12.5. The second-order valence-corrected chi connectivity index (χ2v) is 9.27. The highest BCUT2D eigenvalue weighted by Gasteiger charge is 2.35. The van der Waals surface area contributed by atoms with E-state index in [0.29, 0.717) is 18.6 Å². The predicted molar refractivity (Wildman–Crippen MR) is 127 cm³/mol. The third-order valence-electron chi connectivity index (χ3n) is 5.57. The fourth-order valence-corrected chi connectivity index (χ4v) is 4.02. The molecule has 1 atom stereocenters. The summed E-state index contributed by atoms with van der Waals surface area (Å²) in [6.45, 7) is 6.25. The van der Waals surface area contributed by atoms with Gasteiger partial charge in [-0.1, -0.05) is 48.5 Å². The number of benzene rings is 2. The molecule has 0 spiro atoms. The van der Waals surface area contributed by atoms with Crippen molar-refractivity contribution in [3.63, 3.8) is 0 Å². The first-order valence-corrected chi connectivity index (χ1v) is 11.3. The Kier molecular flexibility index (Phi) is 6.58. The topological polar surface area (TPSA) is 89.9 Å². The molecular formula is C26H29N3O5. The standard InChI is InChI=1S/C26H29N3O5/c1-26(2,3)34-25(32)29-16-19(20-11-7-8-12-21(20)29)15-22-23(30)27-13-14-28(22)24(31)33-17-18-9-5-4-6-10-18/h4-12,16,22H,13-15,17H2,1-3H3,(H,27,30)/t22-/m1/s1. The van der Waals surface area contributed by atoms with Gasteiger partial charge in [-0.3, -0.25) is 14.3 Å². The highest BCUT2D eigenvalue weighted by molar-refractivity contribution is 5.93. The van der Waals surface area contributed by atoms with Crippen LogP contribution in [0.2, 0.25) is 0 Å². The SMILES string of the molecule is CC(C)(C)OC(=O)n1cc(C[C@@H]2C(=O)NCCN2C(=O)OCc2ccccc2)c2ccccc21. The highest BCUT2D eigenvalue weighted by Crippen LogP contribution is 2.26. The van der Waals surface area contributed by atoms with Crippen LogP contribution in [0.1, 0.15) is 31.9 Å². The van der Waals surface area contributed by atoms with Gasteiger partial charge in [-0.15, -0.1) is 0 Å². The lowest BCUT2D eigenvalue weighted by Gasteiger charge is -2.34. The van der Waals surface area contributed by atoms with Crippen molar-refractivity contribution in [2.24, 2.45) is 0 Å². The number of fused-ring (bicyclic) bond motifs is 1. The molecule has 34 heavy (non-hydrogen) atoms. The largest absolute Gasteiger partial charge is 0.445 e. The Labute approximate surface area is 198 Å². The van der Waals surface area contributed by atoms with Crippen molar-refractivity contribution < 1.29 is 23.9 Å². The molecule has 1 fully saturated rings. The average Bonchev–Trinajstić information content (AvgIpc) is 3.17. The minimum absolute atomic E-state index is 0.127. The summed E-state index contributed by atoms with van der Waals surface area (Å²) >= 11 is 0. The van der Waals surface area contributed by atoms with Crippen molar-refractivity contribution in [3.05, 3.63) is 71.9 Å². The van der Waals surface area contributed by atoms with Gasteiger partial charge in [0.15, 0.2) is 0 Å². The van der Waals surface area contributed by atoms with Crippen LogP contribution < -0.4 is 5.32 Å². The van der Waals surface area contributed by atoms with Gasteiger partial charge < -0.3 is 14.8 Å². The zero-order valence-corrected chi connectivity index (χ0v) is 19.6. The van der Waals surface area contributed by atoms with Crippen LogP contribution in [0.3, 0.4) is 0 Å². The minimum Gasteiger partial charge on any atom is -0.445 e. The van der Waals surface area contributed by atoms with Crippen LogP contribution in [0.5, 0.6) is 0 Å². The Morgan fingerprint density at radius 3 is 2.47 bits per heavy atom. The number of hydrogen-bond acceptors (Lipinski definition) is 5. The van der Waals surface area contributed by atoms with Crippen LogP contribution in [0.25, 0.3) is 10.9 Å². The monoisotopic (exact) mass is 463 g/mol. The third kappa shape index (κ3) is 5.22. The molecule has 0 saturated carbocycles. The van der Waals surface area contributed by atoms with E-state index in [1.165, 1.54) is 9.47 Å². The lowest BCUT2D eigenvalue weighted by atomic mass is 10.0. The Bertz CT molecular complexity index is 1200. The predicted octanol–water partition coefficient (Wildman–Crippen LogP) is 4.10. The van der Waals surface area contributed by atoms with Crippen molar-refractivity contribution in [3.8, 4) is 0 Å². The van der Waals surface area contributed by atoms with E-state index in [2.05, 4.69) is 5.32 Å². The average molecular weight is 464 g/mol. The van der Waals surface area contributed by atoms with Crippen LogP contribution in [-0.2, 0) is 27.3 Å². The minimum atomic E-state index is -0.755. The van der Waals surface area contributed by atoms with Crippen molar-refractivity contribution in [2.75, 3.05) is 13.1 Å². The van der Waals surface area contributed by atoms with Gasteiger partial charge in [0.2, 0.25) is 5.91 Å². The van der Waals surface area contributed by atoms with E-state index in [1.807, 2.05) is 75.4 Å². The number of amides is 2. The molecule has 8 heteroatoms. The summed E-state index contributed by atoms with van der Waals surface area (Å²) in [4.78, 5) is 40.0. The molecule has 4 rings (SSSR count). The van der Waals surface area contributed by atoms with Crippen molar-refractivity contribution in [1.82, 2.24) is 14.8 Å². The second kappa shape index (κ2) is 9.59. The lowest BCUT2D eigenvalue weighted by molar-refractivity contribution is -0.128. The van der Waals surface area contributed by atoms with E-state index in [1.54, 1.807) is 6.20 Å². The van der Waals surface area contributed by atoms with E-state index >= 15 is 0 Å². The van der Waals surface area contributed by atoms with Gasteiger partial charge in [-0.25, -0.2) is 9.59 Å². The van der Waals surface area contributed by atoms with Gasteiger partial charge in [0, 0.05) is 31.1 Å². The highest BCUT2D eigenvalue weighted by atomic mass is 16.6. The maximum absolute atomic E-state index is 12.9. The summed E-state index contributed by atoms with van der Waals surface area (Å²) in [7, 11) is 0. The number of rotatable bonds is 4. The van der Waals surface area contributed by atoms with E-state index in [0.717, 1.165) is 16.5 Å². The van der Waals surface area contributed by atoms with E-state index in [4.69, 9.17) is 9.47 Å². The summed E-state index contributed by atoms with van der Waals surface area (Å²) in [5, 5.41) is 3.66. The van der Waals surface area contributed by atoms with Gasteiger partial charge in [0.1, 0.15) is 18.2 Å². The normalized spacial score (nSPS) is 16.3. The summed E-state index contributed by atoms with van der Waals surface area (Å²) in [6, 6.07) is 16.1. The van der Waals surface area contributed by atoms with Crippen LogP contribution in [-0.4, -0.2) is 52.3 Å². The molecule has 1 aliphatic rings. The number of aromatic nitrogens is 1. The fourth-order valence-electron chi connectivity index (χ4n) is 4.02. The molecular weight excluding hydrogens is 434 g/mol. The number of para-hydroxylation sites is 1. The Morgan fingerprint density at radius 1 is 1.03 bits per heavy atom. The number of ether oxygens (including phenoxy) is 2. The molecule has 178 valence electrons. The van der Waals surface area contributed by atoms with Gasteiger partial charge in [0.25, 0.3) is 0 Å². The van der Waals surface area contributed by atoms with Gasteiger partial charge in [-0.2, -0.15) is 0 Å². The number of carbonyl (C=O) groups is 3. The molecule has 0 unspecified atom stereocenters. The molecule has 2 amide bonds. The molecule has 1 saturated heterocycles. The number of hydrogen-bond donors (Lipinski definition) is 1. The van der Waals surface area contributed by atoms with Crippen LogP contribution >= 0.6 is 0 Å². The number of nitrogens with zero attached hydrogens (tertiary/aromatic N) is 2. The molecule has 0 radical (unpaired) electrons. The first-order chi connectivity index (χ1) is 16.2. The maximum atomic E-state index is 12.9. The third-order valence-corrected chi connectivity index (χ3v) is 5.57. The van der Waals surface area contributed by atoms with Gasteiger partial charge in [-0.05, 0) is 38.0 Å². The Hall–Kier alpha value is -3.81. The molecule has 3 aromatic rings. The maximum Gasteiger partial charge on any atom is 0.419 e. The molecule has 8 nitrogen and oxygen atoms in total. The smallest absolute Gasteiger partial charge is 0.419 e. The number of piperazine rings is 1. The first-order valence-electron chi connectivity index (χ1n) is 11.3. The molecule has 2 heterocycles. The summed E-state index contributed by atoms with van der Waals surface area (Å²) in [5.41, 5.74) is 1.67. The quantitative estimate of drug-likeness (QED) is 0.629. The molecule has 1 N–H and O–H groups in total. The van der Waals surface area contributed by atoms with Crippen molar-refractivity contribution >= 4 is 29.0 Å². The molecule has 0 aliphatic carbocycles. The fraction of sp³-hybridized carbons (Fsp3) is 0.346. The number of carbonyl (C=O) groups excluding carboxylic acids is 3. The Balaban J connectivity index is 1.58. The van der Waals surface area contributed by atoms with Crippen LogP contribution in [0, 0.1) is 0 Å². The van der Waals surface area contributed by atoms with E-state index in [9.17, 15) is 14.4 Å². The summed E-state index contributed by atoms with van der Waals surface area (Å²) in [6.07, 6.45) is 0.887. The van der Waals surface area contributed by atoms with Crippen LogP contribution in [0.15, 0.2) is 60.8 Å². The lowest BCUT2D eigenvalue weighted by Crippen LogP contribution is -2.58. The van der Waals surface area contributed by atoms with Crippen molar-refractivity contribution in [2.45, 2.75) is 45.4 Å². The molecule has 1 aromatic heterocycles. The van der Waals surface area contributed by atoms with E-state index in [-0.39, 0.29) is 18.9 Å². The zero-order chi connectivity index (χ0) is 24.3. The molecule has 1 aliphatic heterocycles.